The Morgan fingerprint density at radius 2 is 1.70 bits per heavy atom. The first-order chi connectivity index (χ1) is 12.7. The summed E-state index contributed by atoms with van der Waals surface area (Å²) in [7, 11) is -7.81. The van der Waals surface area contributed by atoms with Crippen LogP contribution in [-0.2, 0) is 19.9 Å². The molecule has 0 unspecified atom stereocenters. The first-order valence-electron chi connectivity index (χ1n) is 7.48. The first kappa shape index (κ1) is 20.4. The van der Waals surface area contributed by atoms with Gasteiger partial charge in [0.25, 0.3) is 0 Å². The molecule has 0 amide bonds. The lowest BCUT2D eigenvalue weighted by atomic mass is 10.1. The van der Waals surface area contributed by atoms with Crippen molar-refractivity contribution in [3.63, 3.8) is 0 Å². The second-order valence-corrected chi connectivity index (χ2v) is 12.4. The molecular formula is C16H13ClFNO4S4. The predicted octanol–water partition coefficient (Wildman–Crippen LogP) is 4.10. The van der Waals surface area contributed by atoms with Crippen molar-refractivity contribution in [3.05, 3.63) is 69.6 Å². The van der Waals surface area contributed by atoms with Crippen LogP contribution in [0.15, 0.2) is 62.3 Å². The quantitative estimate of drug-likeness (QED) is 0.569. The largest absolute Gasteiger partial charge is 0.250 e. The van der Waals surface area contributed by atoms with Gasteiger partial charge in [-0.3, -0.25) is 0 Å². The molecule has 3 aromatic rings. The van der Waals surface area contributed by atoms with Crippen molar-refractivity contribution in [2.75, 3.05) is 6.54 Å². The van der Waals surface area contributed by atoms with Crippen LogP contribution in [0, 0.1) is 5.82 Å². The summed E-state index contributed by atoms with van der Waals surface area (Å²) in [6.45, 7) is -0.399. The average Bonchev–Trinajstić information content (AvgIpc) is 3.28. The molecule has 5 nitrogen and oxygen atoms in total. The maximum Gasteiger partial charge on any atom is 0.250 e. The van der Waals surface area contributed by atoms with Crippen molar-refractivity contribution in [2.24, 2.45) is 0 Å². The zero-order valence-electron chi connectivity index (χ0n) is 13.5. The Balaban J connectivity index is 1.94. The molecular weight excluding hydrogens is 453 g/mol. The van der Waals surface area contributed by atoms with E-state index in [0.29, 0.717) is 4.34 Å². The number of rotatable bonds is 7. The van der Waals surface area contributed by atoms with Crippen molar-refractivity contribution in [3.8, 4) is 0 Å². The van der Waals surface area contributed by atoms with E-state index in [1.807, 2.05) is 0 Å². The van der Waals surface area contributed by atoms with Crippen molar-refractivity contribution >= 4 is 54.1 Å². The van der Waals surface area contributed by atoms with Gasteiger partial charge in [-0.1, -0.05) is 29.8 Å². The van der Waals surface area contributed by atoms with Gasteiger partial charge in [-0.15, -0.1) is 22.7 Å². The lowest BCUT2D eigenvalue weighted by molar-refractivity contribution is 0.570. The van der Waals surface area contributed by atoms with E-state index in [1.165, 1.54) is 30.3 Å². The van der Waals surface area contributed by atoms with Gasteiger partial charge in [-0.2, -0.15) is 0 Å². The Morgan fingerprint density at radius 3 is 2.26 bits per heavy atom. The van der Waals surface area contributed by atoms with Crippen LogP contribution in [0.2, 0.25) is 4.34 Å². The lowest BCUT2D eigenvalue weighted by Gasteiger charge is -2.18. The first-order valence-corrected chi connectivity index (χ1v) is 12.6. The molecule has 0 fully saturated rings. The van der Waals surface area contributed by atoms with E-state index >= 15 is 0 Å². The van der Waals surface area contributed by atoms with E-state index in [-0.39, 0.29) is 14.0 Å². The highest BCUT2D eigenvalue weighted by Crippen LogP contribution is 2.32. The molecule has 0 bridgehead atoms. The van der Waals surface area contributed by atoms with E-state index in [2.05, 4.69) is 4.72 Å². The van der Waals surface area contributed by atoms with Gasteiger partial charge in [0.05, 0.1) is 4.34 Å². The Kier molecular flexibility index (Phi) is 6.04. The van der Waals surface area contributed by atoms with Gasteiger partial charge in [0.15, 0.2) is 9.84 Å². The summed E-state index contributed by atoms with van der Waals surface area (Å²) >= 11 is 7.68. The molecule has 144 valence electrons. The number of nitrogens with one attached hydrogen (secondary N) is 1. The summed E-state index contributed by atoms with van der Waals surface area (Å²) in [4.78, 5) is 0. The van der Waals surface area contributed by atoms with Gasteiger partial charge in [0.2, 0.25) is 10.0 Å². The van der Waals surface area contributed by atoms with Gasteiger partial charge in [-0.25, -0.2) is 25.9 Å². The van der Waals surface area contributed by atoms with Crippen LogP contribution in [0.5, 0.6) is 0 Å². The molecule has 27 heavy (non-hydrogen) atoms. The fourth-order valence-electron chi connectivity index (χ4n) is 2.35. The topological polar surface area (TPSA) is 80.3 Å². The minimum absolute atomic E-state index is 0.0149. The highest BCUT2D eigenvalue weighted by molar-refractivity contribution is 7.94. The number of sulfonamides is 1. The number of sulfone groups is 1. The van der Waals surface area contributed by atoms with Crippen LogP contribution < -0.4 is 4.72 Å². The number of halogens is 2. The molecule has 0 radical (unpaired) electrons. The molecule has 0 aliphatic rings. The molecule has 1 atom stereocenters. The number of hydrogen-bond acceptors (Lipinski definition) is 6. The smallest absolute Gasteiger partial charge is 0.222 e. The Labute approximate surface area is 169 Å². The standard InChI is InChI=1S/C16H13ClFNO4S4/c17-14-7-8-16(25-14)27(22,23)19-10-13(11-3-5-12(18)6-4-11)26(20,21)15-2-1-9-24-15/h1-9,13,19H,10H2/t13-/m1/s1. The highest BCUT2D eigenvalue weighted by atomic mass is 35.5. The Hall–Kier alpha value is -1.30. The summed E-state index contributed by atoms with van der Waals surface area (Å²) in [6, 6.07) is 10.8. The number of thiophene rings is 2. The third kappa shape index (κ3) is 4.58. The van der Waals surface area contributed by atoms with Crippen molar-refractivity contribution in [2.45, 2.75) is 13.7 Å². The SMILES string of the molecule is O=S(=O)(NC[C@H](c1ccc(F)cc1)S(=O)(=O)c1cccs1)c1ccc(Cl)s1. The molecule has 0 spiro atoms. The van der Waals surface area contributed by atoms with E-state index in [4.69, 9.17) is 11.6 Å². The minimum atomic E-state index is -3.93. The zero-order chi connectivity index (χ0) is 19.7. The molecule has 1 aromatic carbocycles. The second-order valence-electron chi connectivity index (χ2n) is 5.43. The molecule has 2 aromatic heterocycles. The summed E-state index contributed by atoms with van der Waals surface area (Å²) in [5, 5.41) is 0.411. The van der Waals surface area contributed by atoms with Crippen LogP contribution in [0.1, 0.15) is 10.8 Å². The van der Waals surface area contributed by atoms with Crippen LogP contribution in [-0.4, -0.2) is 23.4 Å². The lowest BCUT2D eigenvalue weighted by Crippen LogP contribution is -2.31. The molecule has 0 saturated carbocycles. The summed E-state index contributed by atoms with van der Waals surface area (Å²) < 4.78 is 66.8. The monoisotopic (exact) mass is 465 g/mol. The van der Waals surface area contributed by atoms with Crippen molar-refractivity contribution in [1.29, 1.82) is 0 Å². The minimum Gasteiger partial charge on any atom is -0.222 e. The van der Waals surface area contributed by atoms with Gasteiger partial charge in [0, 0.05) is 6.54 Å². The Morgan fingerprint density at radius 1 is 1.00 bits per heavy atom. The van der Waals surface area contributed by atoms with E-state index in [1.54, 1.807) is 11.4 Å². The zero-order valence-corrected chi connectivity index (χ0v) is 17.5. The maximum absolute atomic E-state index is 13.2. The highest BCUT2D eigenvalue weighted by Gasteiger charge is 2.32. The Bertz CT molecular complexity index is 1120. The summed E-state index contributed by atoms with van der Waals surface area (Å²) in [5.41, 5.74) is 0.289. The van der Waals surface area contributed by atoms with Crippen LogP contribution in [0.25, 0.3) is 0 Å². The third-order valence-corrected chi connectivity index (χ3v) is 10.3. The number of benzene rings is 1. The van der Waals surface area contributed by atoms with Crippen LogP contribution in [0.4, 0.5) is 4.39 Å². The molecule has 1 N–H and O–H groups in total. The van der Waals surface area contributed by atoms with Gasteiger partial charge >= 0.3 is 0 Å². The van der Waals surface area contributed by atoms with Crippen LogP contribution >= 0.6 is 34.3 Å². The molecule has 0 aliphatic heterocycles. The fraction of sp³-hybridized carbons (Fsp3) is 0.125. The van der Waals surface area contributed by atoms with E-state index in [0.717, 1.165) is 34.8 Å². The van der Waals surface area contributed by atoms with E-state index < -0.39 is 37.5 Å². The summed E-state index contributed by atoms with van der Waals surface area (Å²) in [6.07, 6.45) is 0. The van der Waals surface area contributed by atoms with Gasteiger partial charge in [-0.05, 0) is 41.3 Å². The molecule has 3 rings (SSSR count). The maximum atomic E-state index is 13.2. The fourth-order valence-corrected chi connectivity index (χ4v) is 7.90. The van der Waals surface area contributed by atoms with Crippen molar-refractivity contribution < 1.29 is 21.2 Å². The summed E-state index contributed by atoms with van der Waals surface area (Å²) in [5.74, 6) is -0.514. The third-order valence-electron chi connectivity index (χ3n) is 3.66. The van der Waals surface area contributed by atoms with E-state index in [9.17, 15) is 21.2 Å². The number of hydrogen-bond donors (Lipinski definition) is 1. The van der Waals surface area contributed by atoms with Gasteiger partial charge < -0.3 is 0 Å². The average molecular weight is 466 g/mol. The molecule has 2 heterocycles. The van der Waals surface area contributed by atoms with Gasteiger partial charge in [0.1, 0.15) is 19.5 Å². The second kappa shape index (κ2) is 7.98. The molecule has 0 saturated heterocycles. The normalized spacial score (nSPS) is 13.6. The van der Waals surface area contributed by atoms with Crippen molar-refractivity contribution in [1.82, 2.24) is 4.72 Å². The predicted molar refractivity (Wildman–Crippen MR) is 105 cm³/mol. The molecule has 11 heteroatoms. The molecule has 0 aliphatic carbocycles. The van der Waals surface area contributed by atoms with Crippen LogP contribution in [0.3, 0.4) is 0 Å².